The fourth-order valence-corrected chi connectivity index (χ4v) is 5.56. The molecule has 2 aromatic carbocycles. The van der Waals surface area contributed by atoms with Crippen LogP contribution in [0, 0.1) is 0 Å². The maximum absolute atomic E-state index is 13.1. The van der Waals surface area contributed by atoms with Crippen molar-refractivity contribution in [3.05, 3.63) is 52.5 Å². The van der Waals surface area contributed by atoms with Crippen molar-refractivity contribution >= 4 is 26.0 Å². The summed E-state index contributed by atoms with van der Waals surface area (Å²) in [5.74, 6) is 0.873. The van der Waals surface area contributed by atoms with Crippen molar-refractivity contribution in [2.75, 3.05) is 40.4 Å². The molecule has 27 heavy (non-hydrogen) atoms. The Morgan fingerprint density at radius 1 is 0.963 bits per heavy atom. The summed E-state index contributed by atoms with van der Waals surface area (Å²) in [6.45, 7) is 3.12. The van der Waals surface area contributed by atoms with Gasteiger partial charge in [-0.15, -0.1) is 0 Å². The number of benzene rings is 2. The Hall–Kier alpha value is -1.61. The largest absolute Gasteiger partial charge is 0.493 e. The summed E-state index contributed by atoms with van der Waals surface area (Å²) < 4.78 is 38.7. The normalized spacial score (nSPS) is 16.3. The number of hydrogen-bond acceptors (Lipinski definition) is 5. The Kier molecular flexibility index (Phi) is 6.41. The lowest BCUT2D eigenvalue weighted by Crippen LogP contribution is -2.48. The Morgan fingerprint density at radius 2 is 1.56 bits per heavy atom. The van der Waals surface area contributed by atoms with Crippen LogP contribution in [-0.4, -0.2) is 58.0 Å². The third-order valence-corrected chi connectivity index (χ3v) is 7.49. The van der Waals surface area contributed by atoms with Crippen molar-refractivity contribution < 1.29 is 17.9 Å². The predicted octanol–water partition coefficient (Wildman–Crippen LogP) is 2.97. The molecular formula is C19H23BrN2O4S. The average molecular weight is 455 g/mol. The zero-order valence-corrected chi connectivity index (χ0v) is 17.8. The molecule has 0 atom stereocenters. The Morgan fingerprint density at radius 3 is 2.15 bits per heavy atom. The number of sulfonamides is 1. The van der Waals surface area contributed by atoms with E-state index in [0.717, 1.165) is 6.54 Å². The van der Waals surface area contributed by atoms with Crippen LogP contribution in [0.15, 0.2) is 51.8 Å². The van der Waals surface area contributed by atoms with Crippen LogP contribution in [0.1, 0.15) is 5.56 Å². The smallest absolute Gasteiger partial charge is 0.244 e. The molecule has 3 rings (SSSR count). The highest BCUT2D eigenvalue weighted by Crippen LogP contribution is 2.36. The molecule has 0 saturated carbocycles. The van der Waals surface area contributed by atoms with Crippen molar-refractivity contribution in [1.29, 1.82) is 0 Å². The summed E-state index contributed by atoms with van der Waals surface area (Å²) in [7, 11) is -0.613. The maximum atomic E-state index is 13.1. The van der Waals surface area contributed by atoms with Gasteiger partial charge in [0.15, 0.2) is 11.5 Å². The molecule has 146 valence electrons. The summed E-state index contributed by atoms with van der Waals surface area (Å²) >= 11 is 3.36. The summed E-state index contributed by atoms with van der Waals surface area (Å²) in [5.41, 5.74) is 1.23. The third-order valence-electron chi connectivity index (χ3n) is 4.64. The molecule has 1 saturated heterocycles. The van der Waals surface area contributed by atoms with Gasteiger partial charge in [0.1, 0.15) is 4.90 Å². The number of nitrogens with zero attached hydrogens (tertiary/aromatic N) is 2. The van der Waals surface area contributed by atoms with Gasteiger partial charge in [-0.25, -0.2) is 8.42 Å². The summed E-state index contributed by atoms with van der Waals surface area (Å²) in [6.07, 6.45) is 0. The van der Waals surface area contributed by atoms with Gasteiger partial charge < -0.3 is 9.47 Å². The molecule has 0 aromatic heterocycles. The van der Waals surface area contributed by atoms with Gasteiger partial charge in [-0.1, -0.05) is 30.3 Å². The van der Waals surface area contributed by atoms with Gasteiger partial charge in [-0.2, -0.15) is 4.31 Å². The number of ether oxygens (including phenoxy) is 2. The standard InChI is InChI=1S/C19H23BrN2O4S/c1-25-17-12-16(20)19(13-18(17)26-2)27(23,24)22-10-8-21(9-11-22)14-15-6-4-3-5-7-15/h3-7,12-13H,8-11,14H2,1-2H3. The van der Waals surface area contributed by atoms with E-state index in [9.17, 15) is 8.42 Å². The third kappa shape index (κ3) is 4.45. The first-order valence-corrected chi connectivity index (χ1v) is 10.9. The molecule has 8 heteroatoms. The number of methoxy groups -OCH3 is 2. The molecule has 1 aliphatic rings. The first kappa shape index (κ1) is 20.1. The van der Waals surface area contributed by atoms with Crippen molar-refractivity contribution in [3.63, 3.8) is 0 Å². The molecule has 0 radical (unpaired) electrons. The number of hydrogen-bond donors (Lipinski definition) is 0. The molecule has 0 bridgehead atoms. The quantitative estimate of drug-likeness (QED) is 0.671. The molecule has 1 aliphatic heterocycles. The molecule has 0 aliphatic carbocycles. The highest BCUT2D eigenvalue weighted by atomic mass is 79.9. The molecule has 0 N–H and O–H groups in total. The van der Waals surface area contributed by atoms with E-state index in [0.29, 0.717) is 42.2 Å². The lowest BCUT2D eigenvalue weighted by atomic mass is 10.2. The summed E-state index contributed by atoms with van der Waals surface area (Å²) in [4.78, 5) is 2.46. The van der Waals surface area contributed by atoms with E-state index < -0.39 is 10.0 Å². The van der Waals surface area contributed by atoms with Gasteiger partial charge in [0.25, 0.3) is 0 Å². The number of piperazine rings is 1. The van der Waals surface area contributed by atoms with Crippen LogP contribution < -0.4 is 9.47 Å². The Labute approximate surface area is 168 Å². The molecule has 6 nitrogen and oxygen atoms in total. The van der Waals surface area contributed by atoms with Gasteiger partial charge in [-0.3, -0.25) is 4.90 Å². The van der Waals surface area contributed by atoms with Crippen LogP contribution in [0.3, 0.4) is 0 Å². The van der Waals surface area contributed by atoms with Crippen molar-refractivity contribution in [2.24, 2.45) is 0 Å². The van der Waals surface area contributed by atoms with Gasteiger partial charge in [0.2, 0.25) is 10.0 Å². The van der Waals surface area contributed by atoms with Gasteiger partial charge >= 0.3 is 0 Å². The van der Waals surface area contributed by atoms with Crippen molar-refractivity contribution in [1.82, 2.24) is 9.21 Å². The van der Waals surface area contributed by atoms with E-state index in [4.69, 9.17) is 9.47 Å². The predicted molar refractivity (Wildman–Crippen MR) is 108 cm³/mol. The molecule has 1 fully saturated rings. The highest BCUT2D eigenvalue weighted by molar-refractivity contribution is 9.10. The Balaban J connectivity index is 1.73. The Bertz CT molecular complexity index is 882. The van der Waals surface area contributed by atoms with Gasteiger partial charge in [0, 0.05) is 43.3 Å². The van der Waals surface area contributed by atoms with Crippen LogP contribution in [-0.2, 0) is 16.6 Å². The minimum Gasteiger partial charge on any atom is -0.493 e. The summed E-state index contributed by atoms with van der Waals surface area (Å²) in [6, 6.07) is 13.3. The van der Waals surface area contributed by atoms with E-state index in [1.54, 1.807) is 6.07 Å². The van der Waals surface area contributed by atoms with Crippen molar-refractivity contribution in [2.45, 2.75) is 11.4 Å². The van der Waals surface area contributed by atoms with E-state index in [1.165, 1.54) is 30.2 Å². The topological polar surface area (TPSA) is 59.1 Å². The molecule has 0 amide bonds. The van der Waals surface area contributed by atoms with E-state index >= 15 is 0 Å². The van der Waals surface area contributed by atoms with E-state index in [1.807, 2.05) is 18.2 Å². The first-order valence-electron chi connectivity index (χ1n) is 8.63. The number of rotatable bonds is 6. The zero-order valence-electron chi connectivity index (χ0n) is 15.4. The van der Waals surface area contributed by atoms with Crippen LogP contribution in [0.4, 0.5) is 0 Å². The lowest BCUT2D eigenvalue weighted by molar-refractivity contribution is 0.181. The molecule has 0 unspecified atom stereocenters. The minimum absolute atomic E-state index is 0.191. The highest BCUT2D eigenvalue weighted by Gasteiger charge is 2.31. The van der Waals surface area contributed by atoms with Gasteiger partial charge in [0.05, 0.1) is 14.2 Å². The second kappa shape index (κ2) is 8.60. The first-order chi connectivity index (χ1) is 13.0. The SMILES string of the molecule is COc1cc(Br)c(S(=O)(=O)N2CCN(Cc3ccccc3)CC2)cc1OC. The fourth-order valence-electron chi connectivity index (χ4n) is 3.14. The fraction of sp³-hybridized carbons (Fsp3) is 0.368. The molecule has 2 aromatic rings. The molecule has 1 heterocycles. The molecule has 0 spiro atoms. The average Bonchev–Trinajstić information content (AvgIpc) is 2.68. The molecular weight excluding hydrogens is 432 g/mol. The number of halogens is 1. The van der Waals surface area contributed by atoms with Crippen LogP contribution >= 0.6 is 15.9 Å². The zero-order chi connectivity index (χ0) is 19.4. The van der Waals surface area contributed by atoms with E-state index in [-0.39, 0.29) is 4.90 Å². The second-order valence-corrected chi connectivity index (χ2v) is 9.06. The van der Waals surface area contributed by atoms with Crippen molar-refractivity contribution in [3.8, 4) is 11.5 Å². The van der Waals surface area contributed by atoms with Crippen LogP contribution in [0.25, 0.3) is 0 Å². The van der Waals surface area contributed by atoms with Crippen LogP contribution in [0.2, 0.25) is 0 Å². The van der Waals surface area contributed by atoms with E-state index in [2.05, 4.69) is 33.0 Å². The maximum Gasteiger partial charge on any atom is 0.244 e. The van der Waals surface area contributed by atoms with Crippen LogP contribution in [0.5, 0.6) is 11.5 Å². The minimum atomic E-state index is -3.62. The van der Waals surface area contributed by atoms with Gasteiger partial charge in [-0.05, 0) is 27.6 Å². The summed E-state index contributed by atoms with van der Waals surface area (Å²) in [5, 5.41) is 0. The monoisotopic (exact) mass is 454 g/mol. The second-order valence-electron chi connectivity index (χ2n) is 6.30. The lowest BCUT2D eigenvalue weighted by Gasteiger charge is -2.34.